The van der Waals surface area contributed by atoms with Gasteiger partial charge in [-0.15, -0.1) is 0 Å². The minimum absolute atomic E-state index is 0.0665. The molecule has 5 nitrogen and oxygen atoms in total. The second-order valence-electron chi connectivity index (χ2n) is 5.79. The average Bonchev–Trinajstić information content (AvgIpc) is 3.12. The Morgan fingerprint density at radius 1 is 1.30 bits per heavy atom. The van der Waals surface area contributed by atoms with Gasteiger partial charge in [0.15, 0.2) is 0 Å². The van der Waals surface area contributed by atoms with Crippen molar-refractivity contribution < 1.29 is 9.59 Å². The lowest BCUT2D eigenvalue weighted by Crippen LogP contribution is -2.32. The average molecular weight is 309 g/mol. The van der Waals surface area contributed by atoms with Crippen molar-refractivity contribution in [2.75, 3.05) is 5.32 Å². The van der Waals surface area contributed by atoms with E-state index in [1.54, 1.807) is 0 Å². The zero-order valence-electron chi connectivity index (χ0n) is 12.9. The number of nitrogens with one attached hydrogen (secondary N) is 3. The van der Waals surface area contributed by atoms with Crippen LogP contribution in [-0.4, -0.2) is 22.8 Å². The number of hydrogen-bond donors (Lipinski definition) is 3. The number of aromatic amines is 1. The van der Waals surface area contributed by atoms with Crippen LogP contribution in [0.15, 0.2) is 49.1 Å². The highest BCUT2D eigenvalue weighted by atomic mass is 16.2. The third-order valence-corrected chi connectivity index (χ3v) is 3.96. The van der Waals surface area contributed by atoms with Crippen LogP contribution in [0.2, 0.25) is 0 Å². The van der Waals surface area contributed by atoms with Gasteiger partial charge in [-0.25, -0.2) is 0 Å². The first-order valence-corrected chi connectivity index (χ1v) is 7.56. The summed E-state index contributed by atoms with van der Waals surface area (Å²) < 4.78 is 0. The van der Waals surface area contributed by atoms with Gasteiger partial charge in [-0.1, -0.05) is 18.7 Å². The molecule has 1 heterocycles. The summed E-state index contributed by atoms with van der Waals surface area (Å²) in [5.41, 5.74) is 2.91. The number of aromatic nitrogens is 1. The normalized spacial score (nSPS) is 19.7. The lowest BCUT2D eigenvalue weighted by atomic mass is 10.1. The number of carbonyl (C=O) groups is 2. The Morgan fingerprint density at radius 2 is 2.13 bits per heavy atom. The standard InChI is InChI=1S/C18H19N3O2/c1-3-17(22)20-14-5-4-12(9-14)18(23)21-15-6-7-16-13(10-15)8-11(2)19-16/h3-8,10,12,14,19H,1,9H2,2H3,(H,20,22)(H,21,23)/t12-,14+/m1/s1. The van der Waals surface area contributed by atoms with E-state index in [9.17, 15) is 9.59 Å². The quantitative estimate of drug-likeness (QED) is 0.600. The summed E-state index contributed by atoms with van der Waals surface area (Å²) in [5.74, 6) is -0.536. The number of benzene rings is 1. The van der Waals surface area contributed by atoms with Gasteiger partial charge in [0.25, 0.3) is 0 Å². The highest BCUT2D eigenvalue weighted by molar-refractivity contribution is 5.96. The number of fused-ring (bicyclic) bond motifs is 1. The van der Waals surface area contributed by atoms with E-state index in [4.69, 9.17) is 0 Å². The maximum absolute atomic E-state index is 12.4. The smallest absolute Gasteiger partial charge is 0.243 e. The molecule has 118 valence electrons. The van der Waals surface area contributed by atoms with Crippen LogP contribution in [0.25, 0.3) is 10.9 Å². The van der Waals surface area contributed by atoms with Crippen LogP contribution in [0.1, 0.15) is 12.1 Å². The highest BCUT2D eigenvalue weighted by Gasteiger charge is 2.25. The number of carbonyl (C=O) groups excluding carboxylic acids is 2. The lowest BCUT2D eigenvalue weighted by Gasteiger charge is -2.13. The molecule has 0 spiro atoms. The van der Waals surface area contributed by atoms with Crippen molar-refractivity contribution in [1.29, 1.82) is 0 Å². The molecule has 23 heavy (non-hydrogen) atoms. The third kappa shape index (κ3) is 3.34. The van der Waals surface area contributed by atoms with Gasteiger partial charge < -0.3 is 15.6 Å². The van der Waals surface area contributed by atoms with Crippen LogP contribution < -0.4 is 10.6 Å². The van der Waals surface area contributed by atoms with Crippen LogP contribution in [-0.2, 0) is 9.59 Å². The molecule has 1 aromatic carbocycles. The number of aryl methyl sites for hydroxylation is 1. The van der Waals surface area contributed by atoms with Crippen LogP contribution in [0, 0.1) is 12.8 Å². The monoisotopic (exact) mass is 309 g/mol. The van der Waals surface area contributed by atoms with Crippen molar-refractivity contribution in [2.24, 2.45) is 5.92 Å². The molecule has 5 heteroatoms. The molecule has 0 fully saturated rings. The Kier molecular flexibility index (Phi) is 4.02. The Labute approximate surface area is 134 Å². The number of amides is 2. The lowest BCUT2D eigenvalue weighted by molar-refractivity contribution is -0.119. The number of hydrogen-bond acceptors (Lipinski definition) is 2. The van der Waals surface area contributed by atoms with Crippen molar-refractivity contribution in [3.63, 3.8) is 0 Å². The SMILES string of the molecule is C=CC(=O)N[C@H]1C=C[C@@H](C(=O)Nc2ccc3[nH]c(C)cc3c2)C1. The summed E-state index contributed by atoms with van der Waals surface area (Å²) in [6.07, 6.45) is 5.49. The summed E-state index contributed by atoms with van der Waals surface area (Å²) in [7, 11) is 0. The predicted molar refractivity (Wildman–Crippen MR) is 91.0 cm³/mol. The maximum Gasteiger partial charge on any atom is 0.243 e. The second-order valence-corrected chi connectivity index (χ2v) is 5.79. The minimum atomic E-state index is -0.242. The van der Waals surface area contributed by atoms with Gasteiger partial charge in [-0.05, 0) is 43.7 Å². The first-order chi connectivity index (χ1) is 11.0. The molecule has 2 amide bonds. The summed E-state index contributed by atoms with van der Waals surface area (Å²) >= 11 is 0. The molecule has 0 bridgehead atoms. The first kappa shape index (κ1) is 15.1. The molecule has 0 unspecified atom stereocenters. The fourth-order valence-electron chi connectivity index (χ4n) is 2.83. The molecule has 1 aliphatic rings. The van der Waals surface area contributed by atoms with E-state index in [2.05, 4.69) is 22.2 Å². The summed E-state index contributed by atoms with van der Waals surface area (Å²) in [6.45, 7) is 5.42. The molecule has 3 rings (SSSR count). The van der Waals surface area contributed by atoms with Gasteiger partial charge >= 0.3 is 0 Å². The molecule has 1 aliphatic carbocycles. The van der Waals surface area contributed by atoms with Gasteiger partial charge in [0.2, 0.25) is 11.8 Å². The molecule has 2 atom stereocenters. The molecular formula is C18H19N3O2. The Hall–Kier alpha value is -2.82. The second kappa shape index (κ2) is 6.12. The molecule has 2 aromatic rings. The highest BCUT2D eigenvalue weighted by Crippen LogP contribution is 2.23. The maximum atomic E-state index is 12.4. The van der Waals surface area contributed by atoms with Crippen molar-refractivity contribution in [3.8, 4) is 0 Å². The fourth-order valence-corrected chi connectivity index (χ4v) is 2.83. The molecule has 0 saturated heterocycles. The van der Waals surface area contributed by atoms with Gasteiger partial charge in [0, 0.05) is 28.3 Å². The van der Waals surface area contributed by atoms with E-state index in [0.29, 0.717) is 6.42 Å². The van der Waals surface area contributed by atoms with Gasteiger partial charge in [-0.2, -0.15) is 0 Å². The van der Waals surface area contributed by atoms with E-state index >= 15 is 0 Å². The van der Waals surface area contributed by atoms with Crippen LogP contribution in [0.5, 0.6) is 0 Å². The van der Waals surface area contributed by atoms with Gasteiger partial charge in [-0.3, -0.25) is 9.59 Å². The molecule has 3 N–H and O–H groups in total. The zero-order valence-corrected chi connectivity index (χ0v) is 12.9. The van der Waals surface area contributed by atoms with E-state index < -0.39 is 0 Å². The van der Waals surface area contributed by atoms with E-state index in [1.807, 2.05) is 43.3 Å². The zero-order chi connectivity index (χ0) is 16.4. The fraction of sp³-hybridized carbons (Fsp3) is 0.222. The van der Waals surface area contributed by atoms with Gasteiger partial charge in [0.05, 0.1) is 5.92 Å². The largest absolute Gasteiger partial charge is 0.359 e. The summed E-state index contributed by atoms with van der Waals surface area (Å²) in [6, 6.07) is 7.71. The third-order valence-electron chi connectivity index (χ3n) is 3.96. The molecular weight excluding hydrogens is 290 g/mol. The van der Waals surface area contributed by atoms with Crippen molar-refractivity contribution in [2.45, 2.75) is 19.4 Å². The molecule has 0 saturated carbocycles. The van der Waals surface area contributed by atoms with Crippen molar-refractivity contribution in [1.82, 2.24) is 10.3 Å². The topological polar surface area (TPSA) is 74.0 Å². The first-order valence-electron chi connectivity index (χ1n) is 7.56. The predicted octanol–water partition coefficient (Wildman–Crippen LogP) is 2.66. The molecule has 1 aromatic heterocycles. The van der Waals surface area contributed by atoms with Crippen LogP contribution in [0.3, 0.4) is 0 Å². The Balaban J connectivity index is 1.63. The van der Waals surface area contributed by atoms with Crippen LogP contribution in [0.4, 0.5) is 5.69 Å². The number of rotatable bonds is 4. The summed E-state index contributed by atoms with van der Waals surface area (Å²) in [4.78, 5) is 26.9. The van der Waals surface area contributed by atoms with Crippen LogP contribution >= 0.6 is 0 Å². The van der Waals surface area contributed by atoms with E-state index in [0.717, 1.165) is 22.3 Å². The Morgan fingerprint density at radius 3 is 2.91 bits per heavy atom. The van der Waals surface area contributed by atoms with Crippen molar-refractivity contribution >= 4 is 28.4 Å². The van der Waals surface area contributed by atoms with E-state index in [1.165, 1.54) is 6.08 Å². The summed E-state index contributed by atoms with van der Waals surface area (Å²) in [5, 5.41) is 6.78. The van der Waals surface area contributed by atoms with E-state index in [-0.39, 0.29) is 23.8 Å². The molecule has 0 aliphatic heterocycles. The van der Waals surface area contributed by atoms with Gasteiger partial charge in [0.1, 0.15) is 0 Å². The number of anilines is 1. The Bertz CT molecular complexity index is 804. The molecule has 0 radical (unpaired) electrons. The minimum Gasteiger partial charge on any atom is -0.359 e. The van der Waals surface area contributed by atoms with Crippen molar-refractivity contribution in [3.05, 3.63) is 54.8 Å². The number of H-pyrrole nitrogens is 1.